The minimum atomic E-state index is -0.966. The Balaban J connectivity index is 2.00. The van der Waals surface area contributed by atoms with Crippen molar-refractivity contribution in [2.45, 2.75) is 13.0 Å². The highest BCUT2D eigenvalue weighted by Crippen LogP contribution is 2.16. The SMILES string of the molecule is C[C@H](OC(=O)c1cccc(C#N)c1)C(=O)Nc1cccc(Br)c1. The van der Waals surface area contributed by atoms with Crippen molar-refractivity contribution in [1.82, 2.24) is 0 Å². The minimum Gasteiger partial charge on any atom is -0.449 e. The number of hydrogen-bond donors (Lipinski definition) is 1. The molecule has 0 spiro atoms. The normalized spacial score (nSPS) is 11.2. The quantitative estimate of drug-likeness (QED) is 0.832. The number of hydrogen-bond acceptors (Lipinski definition) is 4. The van der Waals surface area contributed by atoms with Crippen LogP contribution in [0.15, 0.2) is 53.0 Å². The van der Waals surface area contributed by atoms with E-state index in [1.54, 1.807) is 30.3 Å². The maximum absolute atomic E-state index is 12.1. The number of halogens is 1. The van der Waals surface area contributed by atoms with Crippen LogP contribution < -0.4 is 5.32 Å². The topological polar surface area (TPSA) is 79.2 Å². The second-order valence-electron chi connectivity index (χ2n) is 4.74. The Morgan fingerprint density at radius 3 is 2.65 bits per heavy atom. The van der Waals surface area contributed by atoms with Gasteiger partial charge in [-0.2, -0.15) is 5.26 Å². The lowest BCUT2D eigenvalue weighted by molar-refractivity contribution is -0.123. The monoisotopic (exact) mass is 372 g/mol. The van der Waals surface area contributed by atoms with Crippen molar-refractivity contribution in [2.75, 3.05) is 5.32 Å². The molecule has 116 valence electrons. The van der Waals surface area contributed by atoms with Crippen molar-refractivity contribution in [2.24, 2.45) is 0 Å². The third kappa shape index (κ3) is 4.66. The highest BCUT2D eigenvalue weighted by Gasteiger charge is 2.19. The second-order valence-corrected chi connectivity index (χ2v) is 5.66. The van der Waals surface area contributed by atoms with Crippen molar-refractivity contribution < 1.29 is 14.3 Å². The third-order valence-corrected chi connectivity index (χ3v) is 3.47. The van der Waals surface area contributed by atoms with Gasteiger partial charge in [-0.05, 0) is 43.3 Å². The van der Waals surface area contributed by atoms with E-state index in [9.17, 15) is 9.59 Å². The molecule has 1 amide bonds. The average Bonchev–Trinajstić information content (AvgIpc) is 2.54. The van der Waals surface area contributed by atoms with Crippen molar-refractivity contribution in [1.29, 1.82) is 5.26 Å². The van der Waals surface area contributed by atoms with Crippen LogP contribution >= 0.6 is 15.9 Å². The highest BCUT2D eigenvalue weighted by atomic mass is 79.9. The van der Waals surface area contributed by atoms with Crippen LogP contribution in [0, 0.1) is 11.3 Å². The van der Waals surface area contributed by atoms with E-state index in [1.165, 1.54) is 19.1 Å². The molecule has 5 nitrogen and oxygen atoms in total. The van der Waals surface area contributed by atoms with E-state index in [0.717, 1.165) is 4.47 Å². The molecule has 0 saturated heterocycles. The fourth-order valence-electron chi connectivity index (χ4n) is 1.81. The molecule has 6 heteroatoms. The minimum absolute atomic E-state index is 0.228. The molecule has 0 aliphatic rings. The van der Waals surface area contributed by atoms with Gasteiger partial charge in [-0.1, -0.05) is 28.1 Å². The summed E-state index contributed by atoms with van der Waals surface area (Å²) < 4.78 is 5.96. The molecule has 1 atom stereocenters. The van der Waals surface area contributed by atoms with Crippen LogP contribution in [0.25, 0.3) is 0 Å². The number of benzene rings is 2. The largest absolute Gasteiger partial charge is 0.449 e. The van der Waals surface area contributed by atoms with Crippen LogP contribution in [0.1, 0.15) is 22.8 Å². The van der Waals surface area contributed by atoms with E-state index in [-0.39, 0.29) is 5.56 Å². The van der Waals surface area contributed by atoms with Gasteiger partial charge < -0.3 is 10.1 Å². The first-order valence-electron chi connectivity index (χ1n) is 6.77. The van der Waals surface area contributed by atoms with E-state index < -0.39 is 18.0 Å². The predicted octanol–water partition coefficient (Wildman–Crippen LogP) is 3.50. The second kappa shape index (κ2) is 7.56. The van der Waals surface area contributed by atoms with Crippen molar-refractivity contribution in [3.05, 3.63) is 64.1 Å². The molecule has 0 radical (unpaired) electrons. The predicted molar refractivity (Wildman–Crippen MR) is 88.8 cm³/mol. The first kappa shape index (κ1) is 16.7. The molecule has 0 saturated carbocycles. The first-order valence-corrected chi connectivity index (χ1v) is 7.56. The van der Waals surface area contributed by atoms with Crippen molar-refractivity contribution >= 4 is 33.5 Å². The Hall–Kier alpha value is -2.65. The summed E-state index contributed by atoms with van der Waals surface area (Å²) in [6.45, 7) is 1.49. The third-order valence-electron chi connectivity index (χ3n) is 2.97. The van der Waals surface area contributed by atoms with Gasteiger partial charge in [-0.15, -0.1) is 0 Å². The lowest BCUT2D eigenvalue weighted by Crippen LogP contribution is -2.30. The summed E-state index contributed by atoms with van der Waals surface area (Å²) in [5, 5.41) is 11.5. The van der Waals surface area contributed by atoms with Crippen LogP contribution in [-0.2, 0) is 9.53 Å². The summed E-state index contributed by atoms with van der Waals surface area (Å²) in [4.78, 5) is 24.1. The molecular formula is C17H13BrN2O3. The lowest BCUT2D eigenvalue weighted by atomic mass is 10.1. The van der Waals surface area contributed by atoms with Gasteiger partial charge in [0, 0.05) is 10.2 Å². The highest BCUT2D eigenvalue weighted by molar-refractivity contribution is 9.10. The average molecular weight is 373 g/mol. The number of esters is 1. The van der Waals surface area contributed by atoms with Crippen molar-refractivity contribution in [3.8, 4) is 6.07 Å². The Morgan fingerprint density at radius 1 is 1.22 bits per heavy atom. The van der Waals surface area contributed by atoms with Gasteiger partial charge in [-0.25, -0.2) is 4.79 Å². The molecule has 0 aromatic heterocycles. The smallest absolute Gasteiger partial charge is 0.338 e. The Morgan fingerprint density at radius 2 is 1.96 bits per heavy atom. The summed E-state index contributed by atoms with van der Waals surface area (Å²) in [6, 6.07) is 15.1. The van der Waals surface area contributed by atoms with Crippen LogP contribution in [0.3, 0.4) is 0 Å². The molecule has 0 bridgehead atoms. The Bertz CT molecular complexity index is 783. The van der Waals surface area contributed by atoms with Crippen molar-refractivity contribution in [3.63, 3.8) is 0 Å². The summed E-state index contributed by atoms with van der Waals surface area (Å²) in [7, 11) is 0. The number of nitrogens with zero attached hydrogens (tertiary/aromatic N) is 1. The van der Waals surface area contributed by atoms with Gasteiger partial charge in [0.15, 0.2) is 6.10 Å². The molecule has 0 aliphatic carbocycles. The summed E-state index contributed by atoms with van der Waals surface area (Å²) >= 11 is 3.31. The first-order chi connectivity index (χ1) is 11.0. The van der Waals surface area contributed by atoms with Gasteiger partial charge >= 0.3 is 5.97 Å². The zero-order chi connectivity index (χ0) is 16.8. The maximum Gasteiger partial charge on any atom is 0.338 e. The molecule has 2 aromatic carbocycles. The van der Waals surface area contributed by atoms with Crippen LogP contribution in [0.4, 0.5) is 5.69 Å². The van der Waals surface area contributed by atoms with E-state index in [4.69, 9.17) is 10.00 Å². The van der Waals surface area contributed by atoms with Gasteiger partial charge in [-0.3, -0.25) is 4.79 Å². The number of nitriles is 1. The summed E-state index contributed by atoms with van der Waals surface area (Å²) in [5.74, 6) is -1.09. The summed E-state index contributed by atoms with van der Waals surface area (Å²) in [6.07, 6.45) is -0.966. The Labute approximate surface area is 142 Å². The van der Waals surface area contributed by atoms with Crippen LogP contribution in [0.5, 0.6) is 0 Å². The number of carbonyl (C=O) groups is 2. The van der Waals surface area contributed by atoms with Gasteiger partial charge in [0.2, 0.25) is 0 Å². The van der Waals surface area contributed by atoms with Gasteiger partial charge in [0.05, 0.1) is 17.2 Å². The molecule has 23 heavy (non-hydrogen) atoms. The number of nitrogens with one attached hydrogen (secondary N) is 1. The van der Waals surface area contributed by atoms with E-state index in [1.807, 2.05) is 12.1 Å². The van der Waals surface area contributed by atoms with E-state index in [2.05, 4.69) is 21.2 Å². The molecule has 0 heterocycles. The maximum atomic E-state index is 12.1. The zero-order valence-electron chi connectivity index (χ0n) is 12.2. The number of rotatable bonds is 4. The van der Waals surface area contributed by atoms with Gasteiger partial charge in [0.1, 0.15) is 0 Å². The number of anilines is 1. The lowest BCUT2D eigenvalue weighted by Gasteiger charge is -2.13. The molecule has 0 aliphatic heterocycles. The molecule has 2 aromatic rings. The fraction of sp³-hybridized carbons (Fsp3) is 0.118. The van der Waals surface area contributed by atoms with Crippen LogP contribution in [-0.4, -0.2) is 18.0 Å². The fourth-order valence-corrected chi connectivity index (χ4v) is 2.21. The van der Waals surface area contributed by atoms with Crippen LogP contribution in [0.2, 0.25) is 0 Å². The van der Waals surface area contributed by atoms with E-state index >= 15 is 0 Å². The number of carbonyl (C=O) groups excluding carboxylic acids is 2. The Kier molecular flexibility index (Phi) is 5.50. The summed E-state index contributed by atoms with van der Waals surface area (Å²) in [5.41, 5.74) is 1.18. The molecule has 2 rings (SSSR count). The molecule has 0 fully saturated rings. The molecule has 0 unspecified atom stereocenters. The molecule has 1 N–H and O–H groups in total. The van der Waals surface area contributed by atoms with Gasteiger partial charge in [0.25, 0.3) is 5.91 Å². The standard InChI is InChI=1S/C17H13BrN2O3/c1-11(16(21)20-15-7-3-6-14(18)9-15)23-17(22)13-5-2-4-12(8-13)10-19/h2-9,11H,1H3,(H,20,21)/t11-/m0/s1. The number of amides is 1. The zero-order valence-corrected chi connectivity index (χ0v) is 13.8. The molecular weight excluding hydrogens is 360 g/mol. The van der Waals surface area contributed by atoms with E-state index in [0.29, 0.717) is 11.3 Å². The number of ether oxygens (including phenoxy) is 1.